The largest absolute Gasteiger partial charge is 0.395 e. The summed E-state index contributed by atoms with van der Waals surface area (Å²) < 4.78 is 4.00. The van der Waals surface area contributed by atoms with E-state index in [1.54, 1.807) is 6.20 Å². The molecule has 9 nitrogen and oxygen atoms in total. The lowest BCUT2D eigenvalue weighted by atomic mass is 10.00. The van der Waals surface area contributed by atoms with E-state index in [0.717, 1.165) is 28.0 Å². The number of nitrogen functional groups attached to an aromatic ring is 1. The molecule has 0 spiro atoms. The Kier molecular flexibility index (Phi) is 7.30. The summed E-state index contributed by atoms with van der Waals surface area (Å²) in [6, 6.07) is 16.3. The van der Waals surface area contributed by atoms with E-state index in [4.69, 9.17) is 11.5 Å². The first-order valence-electron chi connectivity index (χ1n) is 11.8. The maximum Gasteiger partial charge on any atom is 0.270 e. The third-order valence-corrected chi connectivity index (χ3v) is 6.73. The van der Waals surface area contributed by atoms with Gasteiger partial charge in [-0.05, 0) is 50.4 Å². The number of nitrogens with zero attached hydrogens (tertiary/aromatic N) is 2. The summed E-state index contributed by atoms with van der Waals surface area (Å²) in [5.74, 6) is -1.66. The van der Waals surface area contributed by atoms with Crippen molar-refractivity contribution in [1.29, 1.82) is 0 Å². The van der Waals surface area contributed by atoms with Gasteiger partial charge in [0, 0.05) is 34.7 Å². The number of para-hydroxylation sites is 1. The van der Waals surface area contributed by atoms with Crippen LogP contribution in [-0.2, 0) is 11.2 Å². The Morgan fingerprint density at radius 2 is 1.76 bits per heavy atom. The number of hydrogen-bond donors (Lipinski definition) is 4. The predicted molar refractivity (Wildman–Crippen MR) is 145 cm³/mol. The lowest BCUT2D eigenvalue weighted by Crippen LogP contribution is -2.49. The number of H-pyrrole nitrogens is 1. The van der Waals surface area contributed by atoms with Gasteiger partial charge in [-0.2, -0.15) is 4.37 Å². The van der Waals surface area contributed by atoms with Crippen molar-refractivity contribution < 1.29 is 14.4 Å². The van der Waals surface area contributed by atoms with Gasteiger partial charge in [-0.15, -0.1) is 0 Å². The molecule has 0 saturated heterocycles. The van der Waals surface area contributed by atoms with Gasteiger partial charge in [0.1, 0.15) is 10.9 Å². The predicted octanol–water partition coefficient (Wildman–Crippen LogP) is 3.65. The van der Waals surface area contributed by atoms with Gasteiger partial charge >= 0.3 is 0 Å². The Labute approximate surface area is 219 Å². The van der Waals surface area contributed by atoms with Crippen molar-refractivity contribution in [3.05, 3.63) is 82.5 Å². The monoisotopic (exact) mass is 518 g/mol. The molecular weight excluding hydrogens is 488 g/mol. The van der Waals surface area contributed by atoms with E-state index in [9.17, 15) is 14.4 Å². The van der Waals surface area contributed by atoms with Crippen LogP contribution < -0.4 is 16.8 Å². The smallest absolute Gasteiger partial charge is 0.270 e. The van der Waals surface area contributed by atoms with Crippen LogP contribution in [0.1, 0.15) is 58.1 Å². The van der Waals surface area contributed by atoms with Crippen LogP contribution >= 0.6 is 11.5 Å². The normalized spacial score (nSPS) is 12.3. The molecule has 1 unspecified atom stereocenters. The van der Waals surface area contributed by atoms with Crippen LogP contribution in [0.5, 0.6) is 0 Å². The molecule has 0 saturated carbocycles. The van der Waals surface area contributed by atoms with Gasteiger partial charge in [-0.25, -0.2) is 0 Å². The molecule has 10 heteroatoms. The van der Waals surface area contributed by atoms with Crippen molar-refractivity contribution in [2.24, 2.45) is 5.73 Å². The van der Waals surface area contributed by atoms with Crippen LogP contribution in [0.25, 0.3) is 10.9 Å². The van der Waals surface area contributed by atoms with E-state index >= 15 is 0 Å². The first-order chi connectivity index (χ1) is 17.6. The SMILES string of the molecule is CC(C)(C)NC(=O)C(c1c[nH]c2ccccc12)N(CCc1ccccc1)C(=O)c1snc(C(N)=O)c1N. The number of amides is 3. The van der Waals surface area contributed by atoms with Crippen LogP contribution in [0.15, 0.2) is 60.8 Å². The van der Waals surface area contributed by atoms with E-state index in [0.29, 0.717) is 12.0 Å². The minimum atomic E-state index is -0.981. The fourth-order valence-corrected chi connectivity index (χ4v) is 4.97. The number of aromatic amines is 1. The molecule has 0 fully saturated rings. The number of carbonyl (C=O) groups is 3. The zero-order valence-electron chi connectivity index (χ0n) is 20.9. The van der Waals surface area contributed by atoms with E-state index in [1.165, 1.54) is 4.90 Å². The molecule has 4 aromatic rings. The number of primary amides is 1. The fraction of sp³-hybridized carbons (Fsp3) is 0.259. The second kappa shape index (κ2) is 10.4. The van der Waals surface area contributed by atoms with Crippen molar-refractivity contribution in [1.82, 2.24) is 19.6 Å². The number of carbonyl (C=O) groups excluding carboxylic acids is 3. The van der Waals surface area contributed by atoms with Crippen molar-refractivity contribution in [3.63, 3.8) is 0 Å². The third kappa shape index (κ3) is 5.64. The van der Waals surface area contributed by atoms with E-state index in [-0.39, 0.29) is 28.7 Å². The first-order valence-corrected chi connectivity index (χ1v) is 12.6. The number of nitrogens with two attached hydrogens (primary N) is 2. The molecule has 6 N–H and O–H groups in total. The fourth-order valence-electron chi connectivity index (χ4n) is 4.21. The number of benzene rings is 2. The summed E-state index contributed by atoms with van der Waals surface area (Å²) in [6.45, 7) is 5.86. The lowest BCUT2D eigenvalue weighted by Gasteiger charge is -2.33. The van der Waals surface area contributed by atoms with Crippen LogP contribution in [0.4, 0.5) is 5.69 Å². The first kappa shape index (κ1) is 25.9. The highest BCUT2D eigenvalue weighted by molar-refractivity contribution is 7.09. The molecule has 2 heterocycles. The number of anilines is 1. The van der Waals surface area contributed by atoms with E-state index < -0.39 is 23.4 Å². The van der Waals surface area contributed by atoms with Gasteiger partial charge in [-0.3, -0.25) is 14.4 Å². The highest BCUT2D eigenvalue weighted by atomic mass is 32.1. The van der Waals surface area contributed by atoms with Crippen LogP contribution in [0, 0.1) is 0 Å². The Balaban J connectivity index is 1.84. The number of fused-ring (bicyclic) bond motifs is 1. The second-order valence-corrected chi connectivity index (χ2v) is 10.6. The maximum atomic E-state index is 14.0. The number of nitrogens with one attached hydrogen (secondary N) is 2. The van der Waals surface area contributed by atoms with Gasteiger partial charge in [-0.1, -0.05) is 48.5 Å². The Bertz CT molecular complexity index is 1440. The van der Waals surface area contributed by atoms with Crippen molar-refractivity contribution >= 4 is 45.8 Å². The van der Waals surface area contributed by atoms with Crippen molar-refractivity contribution in [2.75, 3.05) is 12.3 Å². The summed E-state index contributed by atoms with van der Waals surface area (Å²) in [5.41, 5.74) is 13.2. The summed E-state index contributed by atoms with van der Waals surface area (Å²) in [4.78, 5) is 44.4. The molecule has 0 bridgehead atoms. The number of hydrogen-bond acceptors (Lipinski definition) is 6. The van der Waals surface area contributed by atoms with E-state index in [1.807, 2.05) is 75.4 Å². The van der Waals surface area contributed by atoms with E-state index in [2.05, 4.69) is 14.7 Å². The third-order valence-electron chi connectivity index (χ3n) is 5.87. The number of rotatable bonds is 8. The molecule has 4 rings (SSSR count). The summed E-state index contributed by atoms with van der Waals surface area (Å²) in [7, 11) is 0. The highest BCUT2D eigenvalue weighted by Crippen LogP contribution is 2.33. The number of aromatic nitrogens is 2. The van der Waals surface area contributed by atoms with Gasteiger partial charge in [0.05, 0.1) is 5.69 Å². The average Bonchev–Trinajstić information content (AvgIpc) is 3.44. The van der Waals surface area contributed by atoms with Crippen LogP contribution in [0.3, 0.4) is 0 Å². The van der Waals surface area contributed by atoms with Gasteiger partial charge in [0.25, 0.3) is 11.8 Å². The molecular formula is C27H30N6O3S. The molecule has 0 aliphatic carbocycles. The van der Waals surface area contributed by atoms with Crippen molar-refractivity contribution in [2.45, 2.75) is 38.8 Å². The zero-order chi connectivity index (χ0) is 26.7. The molecule has 0 aliphatic rings. The average molecular weight is 519 g/mol. The topological polar surface area (TPSA) is 147 Å². The van der Waals surface area contributed by atoms with Crippen molar-refractivity contribution in [3.8, 4) is 0 Å². The van der Waals surface area contributed by atoms with Gasteiger partial charge in [0.2, 0.25) is 5.91 Å². The summed E-state index contributed by atoms with van der Waals surface area (Å²) >= 11 is 0.799. The summed E-state index contributed by atoms with van der Waals surface area (Å²) in [6.07, 6.45) is 2.25. The molecule has 192 valence electrons. The Morgan fingerprint density at radius 1 is 1.08 bits per heavy atom. The molecule has 0 radical (unpaired) electrons. The second-order valence-electron chi connectivity index (χ2n) is 9.80. The van der Waals surface area contributed by atoms with Crippen LogP contribution in [0.2, 0.25) is 0 Å². The molecule has 2 aromatic carbocycles. The quantitative estimate of drug-likeness (QED) is 0.281. The zero-order valence-corrected chi connectivity index (χ0v) is 21.8. The minimum absolute atomic E-state index is 0.0651. The minimum Gasteiger partial charge on any atom is -0.395 e. The maximum absolute atomic E-state index is 14.0. The highest BCUT2D eigenvalue weighted by Gasteiger charge is 2.37. The molecule has 2 aromatic heterocycles. The lowest BCUT2D eigenvalue weighted by molar-refractivity contribution is -0.127. The van der Waals surface area contributed by atoms with Gasteiger partial charge < -0.3 is 26.7 Å². The molecule has 37 heavy (non-hydrogen) atoms. The molecule has 0 aliphatic heterocycles. The Morgan fingerprint density at radius 3 is 2.41 bits per heavy atom. The Hall–Kier alpha value is -4.18. The molecule has 3 amide bonds. The van der Waals surface area contributed by atoms with Gasteiger partial charge in [0.15, 0.2) is 5.69 Å². The molecule has 1 atom stereocenters. The van der Waals surface area contributed by atoms with Crippen LogP contribution in [-0.4, -0.2) is 44.1 Å². The standard InChI is InChI=1S/C27H30N6O3S/c1-27(2,3)31-25(35)22(18-15-30-19-12-8-7-11-17(18)19)33(14-13-16-9-5-4-6-10-16)26(36)23-20(28)21(24(29)34)32-37-23/h4-12,15,22,30H,13-14,28H2,1-3H3,(H2,29,34)(H,31,35). The summed E-state index contributed by atoms with van der Waals surface area (Å²) in [5, 5.41) is 3.85.